The highest BCUT2D eigenvalue weighted by Gasteiger charge is 2.06. The second-order valence-electron chi connectivity index (χ2n) is 6.50. The molecule has 3 aromatic rings. The number of aryl methyl sites for hydroxylation is 1. The number of hydrogen-bond acceptors (Lipinski definition) is 5. The molecule has 0 bridgehead atoms. The normalized spacial score (nSPS) is 10.5. The minimum absolute atomic E-state index is 0.673. The maximum absolute atomic E-state index is 9.10. The van der Waals surface area contributed by atoms with Crippen molar-refractivity contribution in [3.63, 3.8) is 0 Å². The zero-order valence-electron chi connectivity index (χ0n) is 17.5. The Bertz CT molecular complexity index is 1030. The van der Waals surface area contributed by atoms with Gasteiger partial charge in [-0.25, -0.2) is 14.6 Å². The van der Waals surface area contributed by atoms with E-state index in [1.165, 1.54) is 5.52 Å². The summed E-state index contributed by atoms with van der Waals surface area (Å²) in [4.78, 5) is 22.6. The second-order valence-corrected chi connectivity index (χ2v) is 6.50. The molecule has 0 radical (unpaired) electrons. The molecule has 8 heteroatoms. The summed E-state index contributed by atoms with van der Waals surface area (Å²) >= 11 is 0. The molecule has 0 fully saturated rings. The van der Waals surface area contributed by atoms with Crippen molar-refractivity contribution in [1.29, 1.82) is 0 Å². The number of ether oxygens (including phenoxy) is 2. The Hall–Kier alpha value is -3.81. The number of hydrogen-bond donors (Lipinski definition) is 2. The molecule has 0 saturated heterocycles. The standard InChI is InChI=1S/C21H24N2O2.C2H2O4/c1-3-8-17-11-12-20(21(15-17)24-2)25-14-7-6-13-23-16-22-18-9-4-5-10-19(18)23;3-1(4)2(5)6/h3-5,8-12,15-16H,6-7,13-14H2,1-2H3;(H,3,4)(H,5,6)/b8-3+;. The van der Waals surface area contributed by atoms with Gasteiger partial charge in [-0.2, -0.15) is 0 Å². The van der Waals surface area contributed by atoms with Gasteiger partial charge in [-0.15, -0.1) is 0 Å². The Morgan fingerprint density at radius 1 is 1.06 bits per heavy atom. The van der Waals surface area contributed by atoms with E-state index in [9.17, 15) is 0 Å². The van der Waals surface area contributed by atoms with Crippen molar-refractivity contribution >= 4 is 29.0 Å². The molecule has 0 saturated carbocycles. The summed E-state index contributed by atoms with van der Waals surface area (Å²) in [5.41, 5.74) is 3.34. The fourth-order valence-electron chi connectivity index (χ4n) is 2.85. The average molecular weight is 426 g/mol. The highest BCUT2D eigenvalue weighted by Crippen LogP contribution is 2.28. The van der Waals surface area contributed by atoms with Crippen molar-refractivity contribution in [1.82, 2.24) is 9.55 Å². The molecule has 0 aliphatic heterocycles. The van der Waals surface area contributed by atoms with Crippen LogP contribution in [0.5, 0.6) is 11.5 Å². The Morgan fingerprint density at radius 3 is 2.48 bits per heavy atom. The molecule has 1 aromatic heterocycles. The zero-order valence-corrected chi connectivity index (χ0v) is 17.5. The van der Waals surface area contributed by atoms with E-state index in [-0.39, 0.29) is 0 Å². The van der Waals surface area contributed by atoms with E-state index >= 15 is 0 Å². The molecule has 31 heavy (non-hydrogen) atoms. The summed E-state index contributed by atoms with van der Waals surface area (Å²) in [5.74, 6) is -2.08. The fourth-order valence-corrected chi connectivity index (χ4v) is 2.85. The van der Waals surface area contributed by atoms with Gasteiger partial charge in [0.2, 0.25) is 0 Å². The third-order valence-corrected chi connectivity index (χ3v) is 4.31. The largest absolute Gasteiger partial charge is 0.493 e. The van der Waals surface area contributed by atoms with Gasteiger partial charge in [0.1, 0.15) is 0 Å². The third-order valence-electron chi connectivity index (χ3n) is 4.31. The lowest BCUT2D eigenvalue weighted by Gasteiger charge is -2.11. The summed E-state index contributed by atoms with van der Waals surface area (Å²) in [6, 6.07) is 14.2. The number of rotatable bonds is 8. The molecule has 2 aromatic carbocycles. The van der Waals surface area contributed by atoms with Crippen molar-refractivity contribution < 1.29 is 29.3 Å². The monoisotopic (exact) mass is 426 g/mol. The molecule has 0 aliphatic carbocycles. The van der Waals surface area contributed by atoms with Crippen molar-refractivity contribution in [2.24, 2.45) is 0 Å². The van der Waals surface area contributed by atoms with Crippen LogP contribution in [0.1, 0.15) is 25.3 Å². The summed E-state index contributed by atoms with van der Waals surface area (Å²) < 4.78 is 13.5. The van der Waals surface area contributed by atoms with E-state index in [0.29, 0.717) is 6.61 Å². The van der Waals surface area contributed by atoms with Crippen LogP contribution in [0.15, 0.2) is 54.9 Å². The Labute approximate surface area is 180 Å². The molecule has 0 spiro atoms. The van der Waals surface area contributed by atoms with E-state index in [1.54, 1.807) is 7.11 Å². The number of benzene rings is 2. The maximum atomic E-state index is 9.10. The SMILES string of the molecule is C/C=C/c1ccc(OCCCCn2cnc3ccccc32)c(OC)c1.O=C(O)C(=O)O. The zero-order chi connectivity index (χ0) is 22.6. The van der Waals surface area contributed by atoms with E-state index in [0.717, 1.165) is 42.0 Å². The molecular formula is C23H26N2O6. The van der Waals surface area contributed by atoms with Gasteiger partial charge < -0.3 is 24.3 Å². The lowest BCUT2D eigenvalue weighted by molar-refractivity contribution is -0.159. The number of imidazole rings is 1. The molecule has 0 amide bonds. The van der Waals surface area contributed by atoms with Crippen LogP contribution in [0, 0.1) is 0 Å². The number of allylic oxidation sites excluding steroid dienone is 1. The third kappa shape index (κ3) is 7.18. The van der Waals surface area contributed by atoms with Gasteiger partial charge in [0.05, 0.1) is 31.1 Å². The molecule has 8 nitrogen and oxygen atoms in total. The predicted octanol–water partition coefficient (Wildman–Crippen LogP) is 4.09. The van der Waals surface area contributed by atoms with Crippen LogP contribution in [0.25, 0.3) is 17.1 Å². The number of para-hydroxylation sites is 2. The molecule has 0 aliphatic rings. The highest BCUT2D eigenvalue weighted by molar-refractivity contribution is 6.27. The molecule has 0 atom stereocenters. The number of methoxy groups -OCH3 is 1. The van der Waals surface area contributed by atoms with Crippen molar-refractivity contribution in [2.45, 2.75) is 26.3 Å². The van der Waals surface area contributed by atoms with Crippen LogP contribution in [0.3, 0.4) is 0 Å². The number of aromatic nitrogens is 2. The first kappa shape index (κ1) is 23.5. The molecular weight excluding hydrogens is 400 g/mol. The van der Waals surface area contributed by atoms with E-state index in [2.05, 4.69) is 15.6 Å². The number of aliphatic carboxylic acids is 2. The highest BCUT2D eigenvalue weighted by atomic mass is 16.5. The summed E-state index contributed by atoms with van der Waals surface area (Å²) in [5, 5.41) is 14.8. The first-order valence-electron chi connectivity index (χ1n) is 9.76. The minimum Gasteiger partial charge on any atom is -0.493 e. The van der Waals surface area contributed by atoms with Gasteiger partial charge in [0.15, 0.2) is 11.5 Å². The number of nitrogens with zero attached hydrogens (tertiary/aromatic N) is 2. The molecule has 0 unspecified atom stereocenters. The number of carboxylic acids is 2. The van der Waals surface area contributed by atoms with E-state index in [1.807, 2.05) is 61.8 Å². The van der Waals surface area contributed by atoms with Crippen molar-refractivity contribution in [2.75, 3.05) is 13.7 Å². The van der Waals surface area contributed by atoms with Crippen LogP contribution in [0.4, 0.5) is 0 Å². The Kier molecular flexibility index (Phi) is 9.10. The number of carboxylic acid groups (broad SMARTS) is 2. The lowest BCUT2D eigenvalue weighted by atomic mass is 10.2. The molecule has 2 N–H and O–H groups in total. The molecule has 3 rings (SSSR count). The van der Waals surface area contributed by atoms with Gasteiger partial charge in [-0.1, -0.05) is 30.4 Å². The smallest absolute Gasteiger partial charge is 0.414 e. The first-order valence-corrected chi connectivity index (χ1v) is 9.76. The van der Waals surface area contributed by atoms with Crippen LogP contribution in [0.2, 0.25) is 0 Å². The maximum Gasteiger partial charge on any atom is 0.414 e. The van der Waals surface area contributed by atoms with E-state index in [4.69, 9.17) is 29.3 Å². The van der Waals surface area contributed by atoms with Crippen LogP contribution in [-0.2, 0) is 16.1 Å². The van der Waals surface area contributed by atoms with Crippen LogP contribution >= 0.6 is 0 Å². The van der Waals surface area contributed by atoms with Gasteiger partial charge in [-0.3, -0.25) is 0 Å². The van der Waals surface area contributed by atoms with Crippen LogP contribution in [-0.4, -0.2) is 45.4 Å². The van der Waals surface area contributed by atoms with Gasteiger partial charge in [0.25, 0.3) is 0 Å². The quantitative estimate of drug-likeness (QED) is 0.412. The lowest BCUT2D eigenvalue weighted by Crippen LogP contribution is -2.09. The minimum atomic E-state index is -1.82. The van der Waals surface area contributed by atoms with Gasteiger partial charge >= 0.3 is 11.9 Å². The molecule has 1 heterocycles. The molecule has 164 valence electrons. The topological polar surface area (TPSA) is 111 Å². The Morgan fingerprint density at radius 2 is 1.81 bits per heavy atom. The summed E-state index contributed by atoms with van der Waals surface area (Å²) in [6.45, 7) is 3.62. The van der Waals surface area contributed by atoms with Crippen LogP contribution < -0.4 is 9.47 Å². The van der Waals surface area contributed by atoms with E-state index < -0.39 is 11.9 Å². The van der Waals surface area contributed by atoms with Crippen molar-refractivity contribution in [3.05, 3.63) is 60.4 Å². The average Bonchev–Trinajstić information content (AvgIpc) is 3.18. The first-order chi connectivity index (χ1) is 15.0. The van der Waals surface area contributed by atoms with Gasteiger partial charge in [-0.05, 0) is 49.6 Å². The number of unbranched alkanes of at least 4 members (excludes halogenated alkanes) is 1. The number of fused-ring (bicyclic) bond motifs is 1. The summed E-state index contributed by atoms with van der Waals surface area (Å²) in [6.07, 6.45) is 7.98. The summed E-state index contributed by atoms with van der Waals surface area (Å²) in [7, 11) is 1.67. The number of carbonyl (C=O) groups is 2. The Balaban J connectivity index is 0.000000501. The van der Waals surface area contributed by atoms with Gasteiger partial charge in [0, 0.05) is 6.54 Å². The predicted molar refractivity (Wildman–Crippen MR) is 117 cm³/mol. The fraction of sp³-hybridized carbons (Fsp3) is 0.261. The van der Waals surface area contributed by atoms with Crippen molar-refractivity contribution in [3.8, 4) is 11.5 Å². The second kappa shape index (κ2) is 12.0.